The van der Waals surface area contributed by atoms with Gasteiger partial charge in [-0.1, -0.05) is 29.8 Å². The second kappa shape index (κ2) is 7.17. The Balaban J connectivity index is 1.49. The van der Waals surface area contributed by atoms with Crippen LogP contribution in [0.15, 0.2) is 59.5 Å². The van der Waals surface area contributed by atoms with E-state index in [2.05, 4.69) is 5.32 Å². The smallest absolute Gasteiger partial charge is 0.318 e. The van der Waals surface area contributed by atoms with Crippen LogP contribution >= 0.6 is 11.6 Å². The number of benzene rings is 2. The number of hydrogen-bond acceptors (Lipinski definition) is 3. The number of fused-ring (bicyclic) bond motifs is 2. The van der Waals surface area contributed by atoms with Gasteiger partial charge in [-0.2, -0.15) is 0 Å². The molecule has 0 radical (unpaired) electrons. The fourth-order valence-corrected chi connectivity index (χ4v) is 6.23. The Bertz CT molecular complexity index is 917. The molecule has 2 atom stereocenters. The first kappa shape index (κ1) is 18.3. The molecule has 2 aliphatic rings. The third kappa shape index (κ3) is 3.56. The first-order valence-corrected chi connectivity index (χ1v) is 11.0. The maximum absolute atomic E-state index is 13.0. The average Bonchev–Trinajstić information content (AvgIpc) is 2.94. The van der Waals surface area contributed by atoms with Crippen LogP contribution in [-0.2, 0) is 9.84 Å². The van der Waals surface area contributed by atoms with Crippen LogP contribution in [0.5, 0.6) is 0 Å². The normalized spacial score (nSPS) is 24.6. The number of urea groups is 1. The van der Waals surface area contributed by atoms with E-state index in [4.69, 9.17) is 11.6 Å². The number of amides is 2. The second-order valence-electron chi connectivity index (χ2n) is 7.18. The van der Waals surface area contributed by atoms with Gasteiger partial charge in [0.25, 0.3) is 0 Å². The fourth-order valence-electron chi connectivity index (χ4n) is 4.24. The summed E-state index contributed by atoms with van der Waals surface area (Å²) in [5.41, 5.74) is 0.683. The molecule has 1 N–H and O–H groups in total. The molecule has 0 spiro atoms. The Morgan fingerprint density at radius 3 is 2.15 bits per heavy atom. The van der Waals surface area contributed by atoms with Crippen LogP contribution in [0.3, 0.4) is 0 Å². The molecule has 0 unspecified atom stereocenters. The van der Waals surface area contributed by atoms with E-state index in [9.17, 15) is 13.2 Å². The molecule has 0 saturated carbocycles. The molecule has 2 aromatic carbocycles. The van der Waals surface area contributed by atoms with Gasteiger partial charge in [0.1, 0.15) is 0 Å². The molecule has 0 aliphatic carbocycles. The molecule has 27 heavy (non-hydrogen) atoms. The molecule has 0 aromatic heterocycles. The second-order valence-corrected chi connectivity index (χ2v) is 9.85. The van der Waals surface area contributed by atoms with Crippen molar-refractivity contribution in [2.45, 2.75) is 47.9 Å². The van der Waals surface area contributed by atoms with Crippen LogP contribution < -0.4 is 5.32 Å². The first-order chi connectivity index (χ1) is 12.9. The SMILES string of the molecule is O=C(Nc1ccc(Cl)cc1)N1[C@@H]2CC[C@@H]1CC(S(=O)(=O)c1ccccc1)C2. The maximum atomic E-state index is 13.0. The highest BCUT2D eigenvalue weighted by Gasteiger charge is 2.47. The van der Waals surface area contributed by atoms with E-state index in [1.165, 1.54) is 0 Å². The number of nitrogens with zero attached hydrogens (tertiary/aromatic N) is 1. The predicted octanol–water partition coefficient (Wildman–Crippen LogP) is 4.34. The monoisotopic (exact) mass is 404 g/mol. The summed E-state index contributed by atoms with van der Waals surface area (Å²) < 4.78 is 25.9. The molecular weight excluding hydrogens is 384 g/mol. The first-order valence-electron chi connectivity index (χ1n) is 9.09. The standard InChI is InChI=1S/C20H21ClN2O3S/c21-14-6-8-15(9-7-14)22-20(24)23-16-10-11-17(23)13-19(12-16)27(25,26)18-4-2-1-3-5-18/h1-9,16-17,19H,10-13H2,(H,22,24)/t16-,17-/m1/s1. The molecule has 142 valence electrons. The molecule has 5 nitrogen and oxygen atoms in total. The van der Waals surface area contributed by atoms with Crippen molar-refractivity contribution in [2.75, 3.05) is 5.32 Å². The molecular formula is C20H21ClN2O3S. The molecule has 2 bridgehead atoms. The summed E-state index contributed by atoms with van der Waals surface area (Å²) in [6.45, 7) is 0. The van der Waals surface area contributed by atoms with Crippen LogP contribution in [0.25, 0.3) is 0 Å². The van der Waals surface area contributed by atoms with Crippen molar-refractivity contribution < 1.29 is 13.2 Å². The van der Waals surface area contributed by atoms with Crippen molar-refractivity contribution >= 4 is 33.2 Å². The quantitative estimate of drug-likeness (QED) is 0.827. The van der Waals surface area contributed by atoms with Gasteiger partial charge in [0.15, 0.2) is 9.84 Å². The van der Waals surface area contributed by atoms with Gasteiger partial charge in [-0.15, -0.1) is 0 Å². The average molecular weight is 405 g/mol. The highest BCUT2D eigenvalue weighted by Crippen LogP contribution is 2.40. The van der Waals surface area contributed by atoms with E-state index in [0.29, 0.717) is 28.4 Å². The number of sulfone groups is 1. The fraction of sp³-hybridized carbons (Fsp3) is 0.350. The lowest BCUT2D eigenvalue weighted by Crippen LogP contribution is -2.51. The number of halogens is 1. The minimum Gasteiger partial charge on any atom is -0.318 e. The number of anilines is 1. The lowest BCUT2D eigenvalue weighted by atomic mass is 10.0. The Kier molecular flexibility index (Phi) is 4.86. The molecule has 4 rings (SSSR count). The Morgan fingerprint density at radius 1 is 0.963 bits per heavy atom. The summed E-state index contributed by atoms with van der Waals surface area (Å²) in [5, 5.41) is 3.08. The third-order valence-corrected chi connectivity index (χ3v) is 7.97. The number of piperidine rings is 1. The van der Waals surface area contributed by atoms with Gasteiger partial charge in [-0.3, -0.25) is 0 Å². The maximum Gasteiger partial charge on any atom is 0.322 e. The Morgan fingerprint density at radius 2 is 1.56 bits per heavy atom. The summed E-state index contributed by atoms with van der Waals surface area (Å²) in [4.78, 5) is 15.0. The van der Waals surface area contributed by atoms with Crippen molar-refractivity contribution in [3.8, 4) is 0 Å². The van der Waals surface area contributed by atoms with Crippen LogP contribution in [0.1, 0.15) is 25.7 Å². The Labute approximate surface area is 164 Å². The van der Waals surface area contributed by atoms with E-state index >= 15 is 0 Å². The highest BCUT2D eigenvalue weighted by atomic mass is 35.5. The number of hydrogen-bond donors (Lipinski definition) is 1. The largest absolute Gasteiger partial charge is 0.322 e. The Hall–Kier alpha value is -2.05. The number of rotatable bonds is 3. The topological polar surface area (TPSA) is 66.5 Å². The zero-order valence-corrected chi connectivity index (χ0v) is 16.3. The van der Waals surface area contributed by atoms with Crippen molar-refractivity contribution in [2.24, 2.45) is 0 Å². The van der Waals surface area contributed by atoms with E-state index in [1.807, 2.05) is 11.0 Å². The van der Waals surface area contributed by atoms with Gasteiger partial charge in [-0.05, 0) is 62.1 Å². The number of carbonyl (C=O) groups is 1. The van der Waals surface area contributed by atoms with Gasteiger partial charge in [0, 0.05) is 22.8 Å². The number of nitrogens with one attached hydrogen (secondary N) is 1. The van der Waals surface area contributed by atoms with Crippen molar-refractivity contribution in [3.63, 3.8) is 0 Å². The lowest BCUT2D eigenvalue weighted by molar-refractivity contribution is 0.160. The van der Waals surface area contributed by atoms with Crippen LogP contribution in [0.4, 0.5) is 10.5 Å². The lowest BCUT2D eigenvalue weighted by Gasteiger charge is -2.38. The van der Waals surface area contributed by atoms with Crippen LogP contribution in [-0.4, -0.2) is 36.7 Å². The minimum atomic E-state index is -3.37. The van der Waals surface area contributed by atoms with E-state index in [1.54, 1.807) is 48.5 Å². The molecule has 2 aromatic rings. The summed E-state index contributed by atoms with van der Waals surface area (Å²) in [6.07, 6.45) is 2.67. The number of carbonyl (C=O) groups excluding carboxylic acids is 1. The highest BCUT2D eigenvalue weighted by molar-refractivity contribution is 7.92. The minimum absolute atomic E-state index is 0.0421. The summed E-state index contributed by atoms with van der Waals surface area (Å²) >= 11 is 5.88. The third-order valence-electron chi connectivity index (χ3n) is 5.53. The molecule has 2 fully saturated rings. The molecule has 2 aliphatic heterocycles. The zero-order valence-electron chi connectivity index (χ0n) is 14.7. The van der Waals surface area contributed by atoms with Gasteiger partial charge in [0.2, 0.25) is 0 Å². The van der Waals surface area contributed by atoms with Crippen LogP contribution in [0.2, 0.25) is 5.02 Å². The van der Waals surface area contributed by atoms with E-state index in [0.717, 1.165) is 12.8 Å². The molecule has 2 heterocycles. The van der Waals surface area contributed by atoms with Gasteiger partial charge >= 0.3 is 6.03 Å². The van der Waals surface area contributed by atoms with E-state index in [-0.39, 0.29) is 18.1 Å². The van der Waals surface area contributed by atoms with Crippen molar-refractivity contribution in [1.29, 1.82) is 0 Å². The van der Waals surface area contributed by atoms with E-state index < -0.39 is 15.1 Å². The summed E-state index contributed by atoms with van der Waals surface area (Å²) in [6, 6.07) is 15.3. The van der Waals surface area contributed by atoms with Crippen molar-refractivity contribution in [3.05, 3.63) is 59.6 Å². The summed E-state index contributed by atoms with van der Waals surface area (Å²) in [5.74, 6) is 0. The van der Waals surface area contributed by atoms with Crippen LogP contribution in [0, 0.1) is 0 Å². The molecule has 7 heteroatoms. The van der Waals surface area contributed by atoms with Gasteiger partial charge < -0.3 is 10.2 Å². The van der Waals surface area contributed by atoms with Gasteiger partial charge in [-0.25, -0.2) is 13.2 Å². The predicted molar refractivity (Wildman–Crippen MR) is 106 cm³/mol. The zero-order chi connectivity index (χ0) is 19.0. The summed E-state index contributed by atoms with van der Waals surface area (Å²) in [7, 11) is -3.37. The van der Waals surface area contributed by atoms with Gasteiger partial charge in [0.05, 0.1) is 10.1 Å². The molecule has 2 saturated heterocycles. The van der Waals surface area contributed by atoms with Crippen molar-refractivity contribution in [1.82, 2.24) is 4.90 Å². The molecule has 2 amide bonds.